The van der Waals surface area contributed by atoms with Gasteiger partial charge in [-0.1, -0.05) is 26.7 Å². The Morgan fingerprint density at radius 2 is 2.25 bits per heavy atom. The van der Waals surface area contributed by atoms with Crippen molar-refractivity contribution >= 4 is 0 Å². The average Bonchev–Trinajstić information content (AvgIpc) is 2.35. The Morgan fingerprint density at radius 3 is 2.75 bits per heavy atom. The number of hydrogen-bond acceptors (Lipinski definition) is 1. The van der Waals surface area contributed by atoms with Crippen molar-refractivity contribution in [1.82, 2.24) is 5.32 Å². The zero-order chi connectivity index (χ0) is 8.97. The summed E-state index contributed by atoms with van der Waals surface area (Å²) in [7, 11) is 0. The van der Waals surface area contributed by atoms with Gasteiger partial charge in [-0.2, -0.15) is 0 Å². The van der Waals surface area contributed by atoms with E-state index in [1.165, 1.54) is 12.8 Å². The first-order valence-corrected chi connectivity index (χ1v) is 5.06. The molecule has 1 nitrogen and oxygen atoms in total. The van der Waals surface area contributed by atoms with E-state index in [-0.39, 0.29) is 0 Å². The lowest BCUT2D eigenvalue weighted by molar-refractivity contribution is 0.351. The predicted octanol–water partition coefficient (Wildman–Crippen LogP) is 2.51. The van der Waals surface area contributed by atoms with E-state index in [0.29, 0.717) is 12.6 Å². The Balaban J connectivity index is 2.00. The minimum Gasteiger partial charge on any atom is -0.311 e. The fourth-order valence-electron chi connectivity index (χ4n) is 1.76. The Bertz CT molecular complexity index is 125. The van der Waals surface area contributed by atoms with Gasteiger partial charge in [-0.15, -0.1) is 0 Å². The summed E-state index contributed by atoms with van der Waals surface area (Å²) < 4.78 is 12.7. The summed E-state index contributed by atoms with van der Waals surface area (Å²) >= 11 is 0. The van der Waals surface area contributed by atoms with Crippen molar-refractivity contribution in [3.05, 3.63) is 0 Å². The summed E-state index contributed by atoms with van der Waals surface area (Å²) in [5.74, 6) is 0.785. The lowest BCUT2D eigenvalue weighted by Crippen LogP contribution is -2.21. The van der Waals surface area contributed by atoms with Gasteiger partial charge in [0.25, 0.3) is 0 Å². The molecule has 0 aromatic rings. The van der Waals surface area contributed by atoms with Crippen LogP contribution in [0.2, 0.25) is 0 Å². The van der Waals surface area contributed by atoms with E-state index in [2.05, 4.69) is 19.2 Å². The molecule has 72 valence electrons. The van der Waals surface area contributed by atoms with E-state index in [4.69, 9.17) is 0 Å². The Kier molecular flexibility index (Phi) is 3.99. The summed E-state index contributed by atoms with van der Waals surface area (Å²) in [6, 6.07) is 0.457. The molecule has 2 atom stereocenters. The van der Waals surface area contributed by atoms with Crippen molar-refractivity contribution < 1.29 is 4.39 Å². The number of hydrogen-bond donors (Lipinski definition) is 1. The van der Waals surface area contributed by atoms with Crippen LogP contribution in [0.1, 0.15) is 39.5 Å². The number of nitrogens with one attached hydrogen (secondary N) is 1. The van der Waals surface area contributed by atoms with Crippen LogP contribution in [0.25, 0.3) is 0 Å². The third kappa shape index (κ3) is 3.53. The zero-order valence-corrected chi connectivity index (χ0v) is 8.15. The fourth-order valence-corrected chi connectivity index (χ4v) is 1.76. The van der Waals surface area contributed by atoms with E-state index in [1.54, 1.807) is 0 Å². The number of rotatable bonds is 4. The Morgan fingerprint density at radius 1 is 1.50 bits per heavy atom. The van der Waals surface area contributed by atoms with E-state index in [1.807, 2.05) is 0 Å². The summed E-state index contributed by atoms with van der Waals surface area (Å²) in [5.41, 5.74) is 0. The molecule has 0 radical (unpaired) electrons. The molecular formula is C10H20FN. The molecule has 1 fully saturated rings. The smallest absolute Gasteiger partial charge is 0.114 e. The van der Waals surface area contributed by atoms with Gasteiger partial charge in [-0.05, 0) is 18.8 Å². The van der Waals surface area contributed by atoms with Gasteiger partial charge in [-0.3, -0.25) is 0 Å². The van der Waals surface area contributed by atoms with Crippen LogP contribution in [0.3, 0.4) is 0 Å². The molecule has 2 unspecified atom stereocenters. The molecule has 0 aromatic carbocycles. The third-order valence-electron chi connectivity index (χ3n) is 2.50. The van der Waals surface area contributed by atoms with Crippen molar-refractivity contribution in [3.63, 3.8) is 0 Å². The normalized spacial score (nSPS) is 30.0. The molecule has 1 heterocycles. The van der Waals surface area contributed by atoms with E-state index < -0.39 is 6.17 Å². The van der Waals surface area contributed by atoms with Crippen LogP contribution in [0.5, 0.6) is 0 Å². The highest BCUT2D eigenvalue weighted by Crippen LogP contribution is 2.16. The highest BCUT2D eigenvalue weighted by molar-refractivity contribution is 4.80. The van der Waals surface area contributed by atoms with Gasteiger partial charge in [0.2, 0.25) is 0 Å². The monoisotopic (exact) mass is 173 g/mol. The van der Waals surface area contributed by atoms with Crippen molar-refractivity contribution in [3.8, 4) is 0 Å². The molecule has 0 aromatic heterocycles. The van der Waals surface area contributed by atoms with Gasteiger partial charge in [-0.25, -0.2) is 4.39 Å². The molecule has 0 amide bonds. The standard InChI is InChI=1S/C10H20FN/c1-8(2)4-3-5-10-6-9(11)7-12-10/h8-10,12H,3-7H2,1-2H3. The molecule has 1 saturated heterocycles. The second-order valence-electron chi connectivity index (χ2n) is 4.26. The molecule has 1 aliphatic rings. The van der Waals surface area contributed by atoms with Crippen LogP contribution in [0.4, 0.5) is 4.39 Å². The van der Waals surface area contributed by atoms with Gasteiger partial charge in [0.05, 0.1) is 0 Å². The Hall–Kier alpha value is -0.110. The van der Waals surface area contributed by atoms with E-state index >= 15 is 0 Å². The van der Waals surface area contributed by atoms with Gasteiger partial charge < -0.3 is 5.32 Å². The van der Waals surface area contributed by atoms with Gasteiger partial charge >= 0.3 is 0 Å². The maximum atomic E-state index is 12.7. The lowest BCUT2D eigenvalue weighted by Gasteiger charge is -2.10. The van der Waals surface area contributed by atoms with Crippen LogP contribution in [-0.4, -0.2) is 18.8 Å². The second-order valence-corrected chi connectivity index (χ2v) is 4.26. The quantitative estimate of drug-likeness (QED) is 0.688. The number of halogens is 1. The highest BCUT2D eigenvalue weighted by atomic mass is 19.1. The van der Waals surface area contributed by atoms with E-state index in [0.717, 1.165) is 18.8 Å². The first kappa shape index (κ1) is 9.97. The lowest BCUT2D eigenvalue weighted by atomic mass is 10.0. The molecule has 1 aliphatic heterocycles. The van der Waals surface area contributed by atoms with Crippen LogP contribution < -0.4 is 5.32 Å². The third-order valence-corrected chi connectivity index (χ3v) is 2.50. The molecule has 12 heavy (non-hydrogen) atoms. The summed E-state index contributed by atoms with van der Waals surface area (Å²) in [5, 5.41) is 3.21. The van der Waals surface area contributed by atoms with Gasteiger partial charge in [0, 0.05) is 12.6 Å². The minimum atomic E-state index is -0.589. The van der Waals surface area contributed by atoms with Gasteiger partial charge in [0.15, 0.2) is 0 Å². The average molecular weight is 173 g/mol. The van der Waals surface area contributed by atoms with Crippen molar-refractivity contribution in [2.75, 3.05) is 6.54 Å². The van der Waals surface area contributed by atoms with Gasteiger partial charge in [0.1, 0.15) is 6.17 Å². The topological polar surface area (TPSA) is 12.0 Å². The van der Waals surface area contributed by atoms with Crippen LogP contribution >= 0.6 is 0 Å². The maximum absolute atomic E-state index is 12.7. The highest BCUT2D eigenvalue weighted by Gasteiger charge is 2.22. The van der Waals surface area contributed by atoms with Crippen molar-refractivity contribution in [2.24, 2.45) is 5.92 Å². The summed E-state index contributed by atoms with van der Waals surface area (Å²) in [4.78, 5) is 0. The molecule has 0 spiro atoms. The van der Waals surface area contributed by atoms with Crippen molar-refractivity contribution in [2.45, 2.75) is 51.7 Å². The fraction of sp³-hybridized carbons (Fsp3) is 1.00. The largest absolute Gasteiger partial charge is 0.311 e. The Labute approximate surface area is 74.7 Å². The predicted molar refractivity (Wildman–Crippen MR) is 50.0 cm³/mol. The van der Waals surface area contributed by atoms with Crippen LogP contribution in [0.15, 0.2) is 0 Å². The van der Waals surface area contributed by atoms with Crippen LogP contribution in [0, 0.1) is 5.92 Å². The molecule has 0 saturated carbocycles. The minimum absolute atomic E-state index is 0.457. The zero-order valence-electron chi connectivity index (χ0n) is 8.15. The number of alkyl halides is 1. The molecular weight excluding hydrogens is 153 g/mol. The van der Waals surface area contributed by atoms with Crippen molar-refractivity contribution in [1.29, 1.82) is 0 Å². The second kappa shape index (κ2) is 4.80. The summed E-state index contributed by atoms with van der Waals surface area (Å²) in [6.07, 6.45) is 3.81. The molecule has 2 heteroatoms. The SMILES string of the molecule is CC(C)CCCC1CC(F)CN1. The molecule has 1 N–H and O–H groups in total. The summed E-state index contributed by atoms with van der Waals surface area (Å²) in [6.45, 7) is 5.05. The van der Waals surface area contributed by atoms with Crippen LogP contribution in [-0.2, 0) is 0 Å². The first-order valence-electron chi connectivity index (χ1n) is 5.06. The molecule has 0 aliphatic carbocycles. The maximum Gasteiger partial charge on any atom is 0.114 e. The molecule has 1 rings (SSSR count). The first-order chi connectivity index (χ1) is 5.68. The molecule has 0 bridgehead atoms. The van der Waals surface area contributed by atoms with E-state index in [9.17, 15) is 4.39 Å².